The van der Waals surface area contributed by atoms with Crippen LogP contribution in [0, 0.1) is 0 Å². The minimum absolute atomic E-state index is 0.170. The molecule has 5 nitrogen and oxygen atoms in total. The highest BCUT2D eigenvalue weighted by Gasteiger charge is 2.29. The smallest absolute Gasteiger partial charge is 0.316 e. The van der Waals surface area contributed by atoms with Gasteiger partial charge in [-0.25, -0.2) is 0 Å². The number of ether oxygens (including phenoxy) is 1. The zero-order valence-electron chi connectivity index (χ0n) is 10.5. The summed E-state index contributed by atoms with van der Waals surface area (Å²) in [5, 5.41) is 8.32. The second kappa shape index (κ2) is 5.29. The topological polar surface area (TPSA) is 57.0 Å². The van der Waals surface area contributed by atoms with Crippen LogP contribution >= 0.6 is 0 Å². The van der Waals surface area contributed by atoms with Crippen LogP contribution in [0.1, 0.15) is 50.7 Å². The van der Waals surface area contributed by atoms with Crippen molar-refractivity contribution < 1.29 is 9.53 Å². The molecule has 1 aromatic heterocycles. The van der Waals surface area contributed by atoms with E-state index in [0.29, 0.717) is 6.61 Å². The second-order valence-corrected chi connectivity index (χ2v) is 4.32. The first-order chi connectivity index (χ1) is 8.27. The first kappa shape index (κ1) is 12.1. The Morgan fingerprint density at radius 3 is 3.00 bits per heavy atom. The minimum Gasteiger partial charge on any atom is -0.465 e. The third kappa shape index (κ3) is 2.33. The summed E-state index contributed by atoms with van der Waals surface area (Å²) >= 11 is 0. The number of carbonyl (C=O) groups is 1. The molecule has 0 fully saturated rings. The van der Waals surface area contributed by atoms with Crippen molar-refractivity contribution in [2.24, 2.45) is 0 Å². The lowest BCUT2D eigenvalue weighted by Crippen LogP contribution is -2.20. The van der Waals surface area contributed by atoms with Gasteiger partial charge in [-0.15, -0.1) is 10.2 Å². The van der Waals surface area contributed by atoms with Crippen LogP contribution < -0.4 is 0 Å². The molecule has 1 atom stereocenters. The van der Waals surface area contributed by atoms with Crippen LogP contribution in [0.2, 0.25) is 0 Å². The summed E-state index contributed by atoms with van der Waals surface area (Å²) in [6, 6.07) is 0. The SMILES string of the molecule is CCCC(C(=O)OCC)c1nnc2n1CCC2. The molecule has 0 saturated carbocycles. The summed E-state index contributed by atoms with van der Waals surface area (Å²) < 4.78 is 7.20. The van der Waals surface area contributed by atoms with Gasteiger partial charge in [0.05, 0.1) is 6.61 Å². The van der Waals surface area contributed by atoms with Crippen LogP contribution in [0.15, 0.2) is 0 Å². The lowest BCUT2D eigenvalue weighted by molar-refractivity contribution is -0.145. The van der Waals surface area contributed by atoms with Gasteiger partial charge in [0.1, 0.15) is 17.6 Å². The predicted molar refractivity (Wildman–Crippen MR) is 62.6 cm³/mol. The van der Waals surface area contributed by atoms with Crippen molar-refractivity contribution in [3.8, 4) is 0 Å². The van der Waals surface area contributed by atoms with E-state index in [0.717, 1.165) is 43.9 Å². The van der Waals surface area contributed by atoms with Gasteiger partial charge in [0.25, 0.3) is 0 Å². The van der Waals surface area contributed by atoms with Crippen LogP contribution in [0.4, 0.5) is 0 Å². The Bertz CT molecular complexity index is 400. The summed E-state index contributed by atoms with van der Waals surface area (Å²) in [5.41, 5.74) is 0. The zero-order chi connectivity index (χ0) is 12.3. The molecule has 1 aliphatic heterocycles. The fourth-order valence-electron chi connectivity index (χ4n) is 2.31. The van der Waals surface area contributed by atoms with E-state index in [1.165, 1.54) is 0 Å². The average molecular weight is 237 g/mol. The minimum atomic E-state index is -0.251. The molecule has 2 heterocycles. The van der Waals surface area contributed by atoms with Gasteiger partial charge < -0.3 is 9.30 Å². The molecule has 94 valence electrons. The Labute approximate surface area is 101 Å². The van der Waals surface area contributed by atoms with Gasteiger partial charge in [0.2, 0.25) is 0 Å². The predicted octanol–water partition coefficient (Wildman–Crippen LogP) is 1.67. The first-order valence-electron chi connectivity index (χ1n) is 6.36. The normalized spacial score (nSPS) is 15.6. The molecule has 17 heavy (non-hydrogen) atoms. The highest BCUT2D eigenvalue weighted by Crippen LogP contribution is 2.25. The molecule has 1 unspecified atom stereocenters. The molecule has 5 heteroatoms. The number of rotatable bonds is 5. The van der Waals surface area contributed by atoms with E-state index >= 15 is 0 Å². The van der Waals surface area contributed by atoms with Crippen LogP contribution in [0.5, 0.6) is 0 Å². The highest BCUT2D eigenvalue weighted by molar-refractivity contribution is 5.77. The molecule has 0 saturated heterocycles. The molecular weight excluding hydrogens is 218 g/mol. The Morgan fingerprint density at radius 1 is 1.47 bits per heavy atom. The van der Waals surface area contributed by atoms with Crippen molar-refractivity contribution in [2.75, 3.05) is 6.61 Å². The Balaban J connectivity index is 2.22. The van der Waals surface area contributed by atoms with Gasteiger partial charge in [-0.1, -0.05) is 13.3 Å². The number of esters is 1. The van der Waals surface area contributed by atoms with E-state index in [9.17, 15) is 4.79 Å². The van der Waals surface area contributed by atoms with Crippen molar-refractivity contribution in [1.82, 2.24) is 14.8 Å². The van der Waals surface area contributed by atoms with Gasteiger partial charge in [-0.05, 0) is 19.8 Å². The molecule has 2 rings (SSSR count). The maximum atomic E-state index is 11.9. The standard InChI is InChI=1S/C12H19N3O2/c1-3-6-9(12(16)17-4-2)11-14-13-10-7-5-8-15(10)11/h9H,3-8H2,1-2H3. The van der Waals surface area contributed by atoms with Crippen molar-refractivity contribution in [2.45, 2.75) is 52.0 Å². The van der Waals surface area contributed by atoms with E-state index < -0.39 is 0 Å². The maximum absolute atomic E-state index is 11.9. The number of carbonyl (C=O) groups excluding carboxylic acids is 1. The highest BCUT2D eigenvalue weighted by atomic mass is 16.5. The number of hydrogen-bond acceptors (Lipinski definition) is 4. The summed E-state index contributed by atoms with van der Waals surface area (Å²) in [5.74, 6) is 1.37. The van der Waals surface area contributed by atoms with Crippen LogP contribution in [0.25, 0.3) is 0 Å². The zero-order valence-corrected chi connectivity index (χ0v) is 10.5. The van der Waals surface area contributed by atoms with Gasteiger partial charge in [-0.2, -0.15) is 0 Å². The summed E-state index contributed by atoms with van der Waals surface area (Å²) in [6.07, 6.45) is 3.77. The molecule has 0 aliphatic carbocycles. The molecule has 0 aromatic carbocycles. The molecular formula is C12H19N3O2. The van der Waals surface area contributed by atoms with Gasteiger partial charge in [0.15, 0.2) is 0 Å². The molecule has 1 aromatic rings. The lowest BCUT2D eigenvalue weighted by Gasteiger charge is -2.14. The first-order valence-corrected chi connectivity index (χ1v) is 6.36. The van der Waals surface area contributed by atoms with E-state index in [4.69, 9.17) is 4.74 Å². The van der Waals surface area contributed by atoms with Crippen molar-refractivity contribution in [3.63, 3.8) is 0 Å². The Hall–Kier alpha value is -1.39. The lowest BCUT2D eigenvalue weighted by atomic mass is 10.0. The van der Waals surface area contributed by atoms with Gasteiger partial charge in [-0.3, -0.25) is 4.79 Å². The van der Waals surface area contributed by atoms with Crippen LogP contribution in [-0.4, -0.2) is 27.3 Å². The van der Waals surface area contributed by atoms with E-state index in [2.05, 4.69) is 21.7 Å². The van der Waals surface area contributed by atoms with Crippen molar-refractivity contribution in [3.05, 3.63) is 11.6 Å². The molecule has 0 radical (unpaired) electrons. The van der Waals surface area contributed by atoms with E-state index in [1.807, 2.05) is 6.92 Å². The Morgan fingerprint density at radius 2 is 2.29 bits per heavy atom. The molecule has 0 bridgehead atoms. The summed E-state index contributed by atoms with van der Waals surface area (Å²) in [4.78, 5) is 11.9. The summed E-state index contributed by atoms with van der Waals surface area (Å²) in [7, 11) is 0. The second-order valence-electron chi connectivity index (χ2n) is 4.32. The third-order valence-electron chi connectivity index (χ3n) is 3.10. The monoisotopic (exact) mass is 237 g/mol. The maximum Gasteiger partial charge on any atom is 0.316 e. The van der Waals surface area contributed by atoms with Gasteiger partial charge >= 0.3 is 5.97 Å². The fourth-order valence-corrected chi connectivity index (χ4v) is 2.31. The number of fused-ring (bicyclic) bond motifs is 1. The third-order valence-corrected chi connectivity index (χ3v) is 3.10. The fraction of sp³-hybridized carbons (Fsp3) is 0.750. The van der Waals surface area contributed by atoms with Crippen molar-refractivity contribution in [1.29, 1.82) is 0 Å². The number of hydrogen-bond donors (Lipinski definition) is 0. The quantitative estimate of drug-likeness (QED) is 0.731. The van der Waals surface area contributed by atoms with Crippen LogP contribution in [-0.2, 0) is 22.5 Å². The van der Waals surface area contributed by atoms with Crippen molar-refractivity contribution >= 4 is 5.97 Å². The molecule has 0 spiro atoms. The van der Waals surface area contributed by atoms with E-state index in [1.54, 1.807) is 0 Å². The summed E-state index contributed by atoms with van der Waals surface area (Å²) in [6.45, 7) is 5.24. The number of aryl methyl sites for hydroxylation is 1. The molecule has 0 amide bonds. The van der Waals surface area contributed by atoms with Crippen LogP contribution in [0.3, 0.4) is 0 Å². The molecule has 0 N–H and O–H groups in total. The van der Waals surface area contributed by atoms with Gasteiger partial charge in [0, 0.05) is 13.0 Å². The molecule has 1 aliphatic rings. The van der Waals surface area contributed by atoms with E-state index in [-0.39, 0.29) is 11.9 Å². The number of nitrogens with zero attached hydrogens (tertiary/aromatic N) is 3. The Kier molecular flexibility index (Phi) is 3.76. The largest absolute Gasteiger partial charge is 0.465 e. The number of aromatic nitrogens is 3. The average Bonchev–Trinajstić information content (AvgIpc) is 2.88.